The quantitative estimate of drug-likeness (QED) is 0.799. The topological polar surface area (TPSA) is 20.2 Å². The van der Waals surface area contributed by atoms with Gasteiger partial charge in [-0.1, -0.05) is 17.7 Å². The molecule has 1 rings (SSSR count). The fraction of sp³-hybridized carbons (Fsp3) is 0.400. The van der Waals surface area contributed by atoms with Gasteiger partial charge in [0.15, 0.2) is 0 Å². The molecule has 0 aromatic heterocycles. The van der Waals surface area contributed by atoms with Crippen LogP contribution in [0.15, 0.2) is 18.2 Å². The first-order chi connectivity index (χ1) is 6.09. The highest BCUT2D eigenvalue weighted by atomic mass is 35.5. The highest BCUT2D eigenvalue weighted by Gasteiger charge is 2.04. The molecule has 0 spiro atoms. The zero-order valence-electron chi connectivity index (χ0n) is 7.43. The van der Waals surface area contributed by atoms with Gasteiger partial charge in [-0.15, -0.1) is 0 Å². The van der Waals surface area contributed by atoms with Crippen LogP contribution in [-0.2, 0) is 6.42 Å². The van der Waals surface area contributed by atoms with E-state index in [0.29, 0.717) is 23.4 Å². The molecule has 1 aromatic carbocycles. The lowest BCUT2D eigenvalue weighted by atomic mass is 10.1. The monoisotopic (exact) mass is 202 g/mol. The predicted octanol–water partition coefficient (Wildman–Crippen LogP) is 2.79. The number of hydrogen-bond donors (Lipinski definition) is 1. The Morgan fingerprint density at radius 3 is 2.77 bits per heavy atom. The van der Waals surface area contributed by atoms with Gasteiger partial charge in [0.05, 0.1) is 6.10 Å². The SMILES string of the molecule is C[C@@H](O)CCc1ccc(Cl)cc1F. The van der Waals surface area contributed by atoms with Crippen molar-refractivity contribution in [3.05, 3.63) is 34.6 Å². The van der Waals surface area contributed by atoms with Crippen molar-refractivity contribution in [3.63, 3.8) is 0 Å². The maximum absolute atomic E-state index is 13.1. The molecule has 0 radical (unpaired) electrons. The Morgan fingerprint density at radius 1 is 1.54 bits per heavy atom. The first kappa shape index (κ1) is 10.5. The first-order valence-electron chi connectivity index (χ1n) is 4.21. The van der Waals surface area contributed by atoms with Crippen LogP contribution in [0, 0.1) is 5.82 Å². The molecule has 1 N–H and O–H groups in total. The lowest BCUT2D eigenvalue weighted by molar-refractivity contribution is 0.184. The summed E-state index contributed by atoms with van der Waals surface area (Å²) in [6.45, 7) is 1.69. The Kier molecular flexibility index (Phi) is 3.70. The summed E-state index contributed by atoms with van der Waals surface area (Å²) in [4.78, 5) is 0. The zero-order chi connectivity index (χ0) is 9.84. The largest absolute Gasteiger partial charge is 0.393 e. The molecule has 0 saturated heterocycles. The fourth-order valence-electron chi connectivity index (χ4n) is 1.09. The summed E-state index contributed by atoms with van der Waals surface area (Å²) in [5.74, 6) is -0.298. The smallest absolute Gasteiger partial charge is 0.127 e. The second kappa shape index (κ2) is 4.58. The van der Waals surface area contributed by atoms with Crippen LogP contribution < -0.4 is 0 Å². The Labute approximate surface area is 82.2 Å². The van der Waals surface area contributed by atoms with E-state index in [1.165, 1.54) is 6.07 Å². The van der Waals surface area contributed by atoms with Crippen molar-refractivity contribution >= 4 is 11.6 Å². The second-order valence-corrected chi connectivity index (χ2v) is 3.56. The Balaban J connectivity index is 2.67. The Morgan fingerprint density at radius 2 is 2.23 bits per heavy atom. The molecular formula is C10H12ClFO. The van der Waals surface area contributed by atoms with Crippen molar-refractivity contribution in [1.82, 2.24) is 0 Å². The summed E-state index contributed by atoms with van der Waals surface area (Å²) in [6.07, 6.45) is 0.717. The molecule has 1 aromatic rings. The predicted molar refractivity (Wildman–Crippen MR) is 51.4 cm³/mol. The number of rotatable bonds is 3. The molecule has 0 fully saturated rings. The standard InChI is InChI=1S/C10H12ClFO/c1-7(13)2-3-8-4-5-9(11)6-10(8)12/h4-7,13H,2-3H2,1H3/t7-/m1/s1. The Bertz CT molecular complexity index is 286. The number of hydrogen-bond acceptors (Lipinski definition) is 1. The van der Waals surface area contributed by atoms with Gasteiger partial charge in [-0.2, -0.15) is 0 Å². The van der Waals surface area contributed by atoms with Crippen LogP contribution in [0.3, 0.4) is 0 Å². The summed E-state index contributed by atoms with van der Waals surface area (Å²) in [5.41, 5.74) is 0.602. The third kappa shape index (κ3) is 3.33. The fourth-order valence-corrected chi connectivity index (χ4v) is 1.25. The average Bonchev–Trinajstić information content (AvgIpc) is 2.02. The maximum Gasteiger partial charge on any atom is 0.127 e. The van der Waals surface area contributed by atoms with Crippen LogP contribution in [0.2, 0.25) is 5.02 Å². The van der Waals surface area contributed by atoms with Crippen molar-refractivity contribution in [1.29, 1.82) is 0 Å². The number of benzene rings is 1. The molecular weight excluding hydrogens is 191 g/mol. The highest BCUT2D eigenvalue weighted by molar-refractivity contribution is 6.30. The van der Waals surface area contributed by atoms with E-state index in [0.717, 1.165) is 0 Å². The lowest BCUT2D eigenvalue weighted by Gasteiger charge is -2.05. The minimum absolute atomic E-state index is 0.298. The molecule has 0 amide bonds. The van der Waals surface area contributed by atoms with Crippen molar-refractivity contribution in [3.8, 4) is 0 Å². The number of aliphatic hydroxyl groups is 1. The minimum atomic E-state index is -0.393. The van der Waals surface area contributed by atoms with Gasteiger partial charge in [-0.3, -0.25) is 0 Å². The molecule has 0 heterocycles. The summed E-state index contributed by atoms with van der Waals surface area (Å²) in [6, 6.07) is 4.60. The van der Waals surface area contributed by atoms with Gasteiger partial charge >= 0.3 is 0 Å². The lowest BCUT2D eigenvalue weighted by Crippen LogP contribution is -2.02. The van der Waals surface area contributed by atoms with Crippen LogP contribution in [-0.4, -0.2) is 11.2 Å². The summed E-state index contributed by atoms with van der Waals surface area (Å²) < 4.78 is 13.1. The van der Waals surface area contributed by atoms with E-state index in [1.54, 1.807) is 19.1 Å². The van der Waals surface area contributed by atoms with Gasteiger partial charge in [0.25, 0.3) is 0 Å². The first-order valence-corrected chi connectivity index (χ1v) is 4.59. The third-order valence-electron chi connectivity index (χ3n) is 1.85. The average molecular weight is 203 g/mol. The molecule has 72 valence electrons. The van der Waals surface area contributed by atoms with E-state index >= 15 is 0 Å². The molecule has 1 nitrogen and oxygen atoms in total. The Hall–Kier alpha value is -0.600. The van der Waals surface area contributed by atoms with Gasteiger partial charge in [0, 0.05) is 5.02 Å². The molecule has 0 aliphatic carbocycles. The van der Waals surface area contributed by atoms with E-state index in [4.69, 9.17) is 16.7 Å². The van der Waals surface area contributed by atoms with Gasteiger partial charge < -0.3 is 5.11 Å². The van der Waals surface area contributed by atoms with E-state index in [9.17, 15) is 4.39 Å². The summed E-state index contributed by atoms with van der Waals surface area (Å²) in [5, 5.41) is 9.41. The minimum Gasteiger partial charge on any atom is -0.393 e. The molecule has 0 aliphatic heterocycles. The second-order valence-electron chi connectivity index (χ2n) is 3.12. The van der Waals surface area contributed by atoms with E-state index in [2.05, 4.69) is 0 Å². The van der Waals surface area contributed by atoms with Crippen LogP contribution >= 0.6 is 11.6 Å². The molecule has 0 bridgehead atoms. The van der Waals surface area contributed by atoms with Gasteiger partial charge in [-0.05, 0) is 37.5 Å². The number of halogens is 2. The van der Waals surface area contributed by atoms with Crippen LogP contribution in [0.5, 0.6) is 0 Å². The molecule has 1 atom stereocenters. The van der Waals surface area contributed by atoms with Crippen LogP contribution in [0.1, 0.15) is 18.9 Å². The number of aryl methyl sites for hydroxylation is 1. The van der Waals surface area contributed by atoms with Crippen LogP contribution in [0.25, 0.3) is 0 Å². The maximum atomic E-state index is 13.1. The van der Waals surface area contributed by atoms with Gasteiger partial charge in [0.2, 0.25) is 0 Å². The highest BCUT2D eigenvalue weighted by Crippen LogP contribution is 2.16. The summed E-state index contributed by atoms with van der Waals surface area (Å²) >= 11 is 5.59. The van der Waals surface area contributed by atoms with E-state index < -0.39 is 6.10 Å². The van der Waals surface area contributed by atoms with E-state index in [1.807, 2.05) is 0 Å². The molecule has 3 heteroatoms. The molecule has 0 unspecified atom stereocenters. The van der Waals surface area contributed by atoms with Crippen molar-refractivity contribution < 1.29 is 9.50 Å². The normalized spacial score (nSPS) is 12.9. The van der Waals surface area contributed by atoms with Gasteiger partial charge in [-0.25, -0.2) is 4.39 Å². The molecule has 0 aliphatic rings. The van der Waals surface area contributed by atoms with Crippen molar-refractivity contribution in [2.24, 2.45) is 0 Å². The summed E-state index contributed by atoms with van der Waals surface area (Å²) in [7, 11) is 0. The van der Waals surface area contributed by atoms with Gasteiger partial charge in [0.1, 0.15) is 5.82 Å². The van der Waals surface area contributed by atoms with E-state index in [-0.39, 0.29) is 5.82 Å². The number of aliphatic hydroxyl groups excluding tert-OH is 1. The molecule has 0 saturated carbocycles. The zero-order valence-corrected chi connectivity index (χ0v) is 8.18. The third-order valence-corrected chi connectivity index (χ3v) is 2.08. The van der Waals surface area contributed by atoms with Crippen LogP contribution in [0.4, 0.5) is 4.39 Å². The molecule has 13 heavy (non-hydrogen) atoms. The van der Waals surface area contributed by atoms with Crippen molar-refractivity contribution in [2.45, 2.75) is 25.9 Å². The van der Waals surface area contributed by atoms with Crippen molar-refractivity contribution in [2.75, 3.05) is 0 Å².